The Hall–Kier alpha value is -0.910. The summed E-state index contributed by atoms with van der Waals surface area (Å²) >= 11 is 4.02. The van der Waals surface area contributed by atoms with Crippen molar-refractivity contribution in [2.75, 3.05) is 12.4 Å². The topological polar surface area (TPSA) is 9.23 Å². The van der Waals surface area contributed by atoms with Crippen molar-refractivity contribution >= 4 is 12.6 Å². The molecule has 1 rings (SSSR count). The molecule has 0 saturated carbocycles. The fourth-order valence-electron chi connectivity index (χ4n) is 0.991. The number of benzene rings is 1. The monoisotopic (exact) mass is 268 g/mol. The number of hydrogen-bond donors (Lipinski definition) is 1. The van der Waals surface area contributed by atoms with Crippen LogP contribution >= 0.6 is 12.6 Å². The van der Waals surface area contributed by atoms with Crippen molar-refractivity contribution in [3.63, 3.8) is 0 Å². The predicted octanol–water partition coefficient (Wildman–Crippen LogP) is 3.58. The zero-order chi connectivity index (χ0) is 13.2. The molecule has 0 heterocycles. The van der Waals surface area contributed by atoms with Crippen LogP contribution in [0.5, 0.6) is 5.75 Å². The van der Waals surface area contributed by atoms with Gasteiger partial charge in [-0.15, -0.1) is 0 Å². The molecule has 0 amide bonds. The van der Waals surface area contributed by atoms with Gasteiger partial charge in [0.2, 0.25) is 11.6 Å². The van der Waals surface area contributed by atoms with Gasteiger partial charge in [-0.05, 0) is 5.75 Å². The van der Waals surface area contributed by atoms with E-state index >= 15 is 0 Å². The van der Waals surface area contributed by atoms with Gasteiger partial charge in [0.1, 0.15) is 0 Å². The number of hydrogen-bond acceptors (Lipinski definition) is 2. The van der Waals surface area contributed by atoms with Gasteiger partial charge in [0, 0.05) is 11.5 Å². The van der Waals surface area contributed by atoms with Crippen molar-refractivity contribution in [3.8, 4) is 5.75 Å². The van der Waals surface area contributed by atoms with Crippen LogP contribution in [0.3, 0.4) is 0 Å². The summed E-state index contributed by atoms with van der Waals surface area (Å²) in [5.74, 6) is -6.66. The maximum Gasteiger partial charge on any atom is 0.203 e. The molecule has 0 unspecified atom stereocenters. The van der Waals surface area contributed by atoms with Gasteiger partial charge in [0.25, 0.3) is 0 Å². The quantitative estimate of drug-likeness (QED) is 0.499. The van der Waals surface area contributed by atoms with Crippen LogP contribution in [0.15, 0.2) is 6.07 Å². The van der Waals surface area contributed by atoms with E-state index in [1.807, 2.05) is 0 Å². The van der Waals surface area contributed by atoms with Gasteiger partial charge < -0.3 is 4.74 Å². The fourth-order valence-corrected chi connectivity index (χ4v) is 1.08. The molecular formula is C11H12F4OS. The molecule has 0 fully saturated rings. The molecular weight excluding hydrogens is 256 g/mol. The lowest BCUT2D eigenvalue weighted by molar-refractivity contribution is 0.183. The summed E-state index contributed by atoms with van der Waals surface area (Å²) in [6.07, 6.45) is 0. The molecule has 1 aromatic rings. The van der Waals surface area contributed by atoms with Crippen LogP contribution in [-0.4, -0.2) is 12.4 Å². The minimum atomic E-state index is -1.53. The lowest BCUT2D eigenvalue weighted by Gasteiger charge is -2.22. The van der Waals surface area contributed by atoms with Crippen LogP contribution in [0.1, 0.15) is 13.8 Å². The smallest absolute Gasteiger partial charge is 0.203 e. The van der Waals surface area contributed by atoms with E-state index in [1.54, 1.807) is 13.8 Å². The van der Waals surface area contributed by atoms with E-state index in [2.05, 4.69) is 12.6 Å². The molecule has 1 aromatic carbocycles. The molecule has 0 aliphatic carbocycles. The second-order valence-corrected chi connectivity index (χ2v) is 4.72. The summed E-state index contributed by atoms with van der Waals surface area (Å²) in [5, 5.41) is 0. The highest BCUT2D eigenvalue weighted by atomic mass is 32.1. The molecule has 1 nitrogen and oxygen atoms in total. The normalized spacial score (nSPS) is 11.7. The van der Waals surface area contributed by atoms with Crippen molar-refractivity contribution in [2.24, 2.45) is 5.41 Å². The Kier molecular flexibility index (Phi) is 4.30. The van der Waals surface area contributed by atoms with Gasteiger partial charge in [0.05, 0.1) is 6.61 Å². The van der Waals surface area contributed by atoms with Gasteiger partial charge in [0.15, 0.2) is 17.4 Å². The standard InChI is InChI=1S/C11H12F4OS/c1-11(2,5-17)4-16-10-8(14)6(12)3-7(13)9(10)15/h3,17H,4-5H2,1-2H3. The Balaban J connectivity index is 2.99. The van der Waals surface area contributed by atoms with Gasteiger partial charge in [-0.3, -0.25) is 0 Å². The maximum absolute atomic E-state index is 13.2. The third kappa shape index (κ3) is 3.28. The molecule has 0 N–H and O–H groups in total. The van der Waals surface area contributed by atoms with Crippen molar-refractivity contribution in [1.82, 2.24) is 0 Å². The first-order valence-electron chi connectivity index (χ1n) is 4.85. The first-order valence-corrected chi connectivity index (χ1v) is 5.48. The van der Waals surface area contributed by atoms with Gasteiger partial charge in [-0.2, -0.15) is 21.4 Å². The third-order valence-electron chi connectivity index (χ3n) is 2.11. The van der Waals surface area contributed by atoms with Gasteiger partial charge in [-0.1, -0.05) is 13.8 Å². The van der Waals surface area contributed by atoms with E-state index in [4.69, 9.17) is 4.74 Å². The van der Waals surface area contributed by atoms with Crippen LogP contribution in [0.25, 0.3) is 0 Å². The van der Waals surface area contributed by atoms with Crippen LogP contribution in [-0.2, 0) is 0 Å². The van der Waals surface area contributed by atoms with Gasteiger partial charge in [-0.25, -0.2) is 8.78 Å². The van der Waals surface area contributed by atoms with Crippen molar-refractivity contribution in [1.29, 1.82) is 0 Å². The molecule has 0 aliphatic rings. The lowest BCUT2D eigenvalue weighted by Crippen LogP contribution is -2.24. The number of thiol groups is 1. The largest absolute Gasteiger partial charge is 0.487 e. The first-order chi connectivity index (χ1) is 7.78. The molecule has 0 aliphatic heterocycles. The molecule has 0 saturated heterocycles. The van der Waals surface area contributed by atoms with E-state index in [0.717, 1.165) is 0 Å². The Bertz CT molecular complexity index is 394. The third-order valence-corrected chi connectivity index (χ3v) is 2.96. The van der Waals surface area contributed by atoms with Crippen molar-refractivity contribution in [3.05, 3.63) is 29.3 Å². The minimum Gasteiger partial charge on any atom is -0.487 e. The van der Waals surface area contributed by atoms with E-state index in [1.165, 1.54) is 0 Å². The highest BCUT2D eigenvalue weighted by molar-refractivity contribution is 7.80. The summed E-state index contributed by atoms with van der Waals surface area (Å²) in [6.45, 7) is 3.38. The molecule has 17 heavy (non-hydrogen) atoms. The maximum atomic E-state index is 13.2. The Morgan fingerprint density at radius 2 is 1.59 bits per heavy atom. The number of rotatable bonds is 4. The first kappa shape index (κ1) is 14.2. The molecule has 6 heteroatoms. The highest BCUT2D eigenvalue weighted by Crippen LogP contribution is 2.28. The zero-order valence-electron chi connectivity index (χ0n) is 9.36. The summed E-state index contributed by atoms with van der Waals surface area (Å²) < 4.78 is 56.9. The molecule has 0 radical (unpaired) electrons. The lowest BCUT2D eigenvalue weighted by atomic mass is 9.98. The molecule has 0 spiro atoms. The summed E-state index contributed by atoms with van der Waals surface area (Å²) in [5.41, 5.74) is -0.467. The highest BCUT2D eigenvalue weighted by Gasteiger charge is 2.23. The second-order valence-electron chi connectivity index (χ2n) is 4.41. The van der Waals surface area contributed by atoms with Crippen LogP contribution in [0.4, 0.5) is 17.6 Å². The van der Waals surface area contributed by atoms with Crippen LogP contribution in [0.2, 0.25) is 0 Å². The number of ether oxygens (including phenoxy) is 1. The average Bonchev–Trinajstić information content (AvgIpc) is 2.26. The van der Waals surface area contributed by atoms with Crippen LogP contribution < -0.4 is 4.74 Å². The van der Waals surface area contributed by atoms with E-state index in [0.29, 0.717) is 5.75 Å². The Labute approximate surface area is 102 Å². The Morgan fingerprint density at radius 3 is 2.00 bits per heavy atom. The SMILES string of the molecule is CC(C)(CS)COc1c(F)c(F)cc(F)c1F. The summed E-state index contributed by atoms with van der Waals surface area (Å²) in [4.78, 5) is 0. The average molecular weight is 268 g/mol. The van der Waals surface area contributed by atoms with Gasteiger partial charge >= 0.3 is 0 Å². The molecule has 0 bridgehead atoms. The van der Waals surface area contributed by atoms with Crippen LogP contribution in [0, 0.1) is 28.7 Å². The zero-order valence-corrected chi connectivity index (χ0v) is 10.3. The summed E-state index contributed by atoms with van der Waals surface area (Å²) in [6, 6.07) is 0.140. The van der Waals surface area contributed by atoms with Crippen molar-refractivity contribution < 1.29 is 22.3 Å². The molecule has 0 atom stereocenters. The predicted molar refractivity (Wildman–Crippen MR) is 59.4 cm³/mol. The van der Waals surface area contributed by atoms with E-state index in [9.17, 15) is 17.6 Å². The molecule has 0 aromatic heterocycles. The molecule has 96 valence electrons. The number of halogens is 4. The summed E-state index contributed by atoms with van der Waals surface area (Å²) in [7, 11) is 0. The minimum absolute atomic E-state index is 0.104. The van der Waals surface area contributed by atoms with E-state index < -0.39 is 34.4 Å². The Morgan fingerprint density at radius 1 is 1.12 bits per heavy atom. The fraction of sp³-hybridized carbons (Fsp3) is 0.455. The van der Waals surface area contributed by atoms with E-state index in [-0.39, 0.29) is 12.7 Å². The van der Waals surface area contributed by atoms with Crippen molar-refractivity contribution in [2.45, 2.75) is 13.8 Å². The second kappa shape index (κ2) is 5.16.